The van der Waals surface area contributed by atoms with E-state index in [0.717, 1.165) is 29.8 Å². The summed E-state index contributed by atoms with van der Waals surface area (Å²) in [4.78, 5) is 15.0. The Morgan fingerprint density at radius 2 is 1.85 bits per heavy atom. The van der Waals surface area contributed by atoms with Gasteiger partial charge >= 0.3 is 0 Å². The SMILES string of the molecule is Cc1nnc(S[C@@H](C)C(=O)Nc2ccc(N3CCCCC3)cc2)n1C1CC1. The zero-order valence-corrected chi connectivity index (χ0v) is 16.8. The second kappa shape index (κ2) is 7.92. The van der Waals surface area contributed by atoms with Gasteiger partial charge in [0, 0.05) is 30.5 Å². The normalized spacial score (nSPS) is 18.4. The van der Waals surface area contributed by atoms with E-state index in [1.165, 1.54) is 49.6 Å². The van der Waals surface area contributed by atoms with Crippen LogP contribution in [0, 0.1) is 6.92 Å². The molecular weight excluding hydrogens is 358 g/mol. The fourth-order valence-corrected chi connectivity index (χ4v) is 4.51. The van der Waals surface area contributed by atoms with E-state index in [1.54, 1.807) is 0 Å². The molecule has 0 bridgehead atoms. The van der Waals surface area contributed by atoms with Gasteiger partial charge in [0.15, 0.2) is 5.16 Å². The number of carbonyl (C=O) groups is 1. The maximum atomic E-state index is 12.6. The summed E-state index contributed by atoms with van der Waals surface area (Å²) in [5.74, 6) is 0.926. The number of carbonyl (C=O) groups excluding carboxylic acids is 1. The van der Waals surface area contributed by atoms with Crippen molar-refractivity contribution in [1.82, 2.24) is 14.8 Å². The molecule has 2 fully saturated rings. The van der Waals surface area contributed by atoms with Crippen LogP contribution in [0.1, 0.15) is 50.9 Å². The molecule has 1 atom stereocenters. The third-order valence-corrected chi connectivity index (χ3v) is 6.31. The number of nitrogens with zero attached hydrogens (tertiary/aromatic N) is 4. The van der Waals surface area contributed by atoms with Gasteiger partial charge in [0.2, 0.25) is 5.91 Å². The smallest absolute Gasteiger partial charge is 0.237 e. The van der Waals surface area contributed by atoms with Gasteiger partial charge in [-0.15, -0.1) is 10.2 Å². The Hall–Kier alpha value is -2.02. The number of rotatable bonds is 6. The summed E-state index contributed by atoms with van der Waals surface area (Å²) in [7, 11) is 0. The number of hydrogen-bond acceptors (Lipinski definition) is 5. The number of thioether (sulfide) groups is 1. The van der Waals surface area contributed by atoms with Crippen molar-refractivity contribution in [3.8, 4) is 0 Å². The van der Waals surface area contributed by atoms with E-state index < -0.39 is 0 Å². The van der Waals surface area contributed by atoms with Gasteiger partial charge in [-0.25, -0.2) is 0 Å². The predicted octanol–water partition coefficient (Wildman–Crippen LogP) is 4.03. The molecule has 0 unspecified atom stereocenters. The second-order valence-electron chi connectivity index (χ2n) is 7.47. The van der Waals surface area contributed by atoms with Gasteiger partial charge in [-0.2, -0.15) is 0 Å². The molecule has 0 spiro atoms. The van der Waals surface area contributed by atoms with E-state index in [1.807, 2.05) is 26.0 Å². The third-order valence-electron chi connectivity index (χ3n) is 5.25. The van der Waals surface area contributed by atoms with E-state index in [2.05, 4.69) is 37.1 Å². The van der Waals surface area contributed by atoms with Crippen molar-refractivity contribution in [1.29, 1.82) is 0 Å². The molecule has 2 aromatic rings. The number of hydrogen-bond donors (Lipinski definition) is 1. The molecule has 1 saturated carbocycles. The van der Waals surface area contributed by atoms with Gasteiger partial charge < -0.3 is 14.8 Å². The van der Waals surface area contributed by atoms with Crippen molar-refractivity contribution in [3.63, 3.8) is 0 Å². The van der Waals surface area contributed by atoms with Gasteiger partial charge in [0.25, 0.3) is 0 Å². The number of aryl methyl sites for hydroxylation is 1. The fourth-order valence-electron chi connectivity index (χ4n) is 3.55. The highest BCUT2D eigenvalue weighted by Crippen LogP contribution is 2.39. The number of amides is 1. The molecule has 1 N–H and O–H groups in total. The molecule has 7 heteroatoms. The topological polar surface area (TPSA) is 63.1 Å². The molecule has 1 amide bonds. The molecule has 0 radical (unpaired) electrons. The number of benzene rings is 1. The fraction of sp³-hybridized carbons (Fsp3) is 0.550. The van der Waals surface area contributed by atoms with Crippen molar-refractivity contribution in [2.75, 3.05) is 23.3 Å². The maximum Gasteiger partial charge on any atom is 0.237 e. The summed E-state index contributed by atoms with van der Waals surface area (Å²) >= 11 is 1.48. The van der Waals surface area contributed by atoms with Gasteiger partial charge in [-0.1, -0.05) is 11.8 Å². The van der Waals surface area contributed by atoms with Crippen molar-refractivity contribution < 1.29 is 4.79 Å². The van der Waals surface area contributed by atoms with Crippen LogP contribution >= 0.6 is 11.8 Å². The lowest BCUT2D eigenvalue weighted by atomic mass is 10.1. The van der Waals surface area contributed by atoms with Crippen molar-refractivity contribution in [2.24, 2.45) is 0 Å². The Labute approximate surface area is 164 Å². The molecule has 2 aliphatic rings. The first-order valence-corrected chi connectivity index (χ1v) is 10.7. The first kappa shape index (κ1) is 18.3. The Balaban J connectivity index is 1.35. The van der Waals surface area contributed by atoms with Crippen LogP contribution in [-0.4, -0.2) is 39.0 Å². The highest BCUT2D eigenvalue weighted by molar-refractivity contribution is 8.00. The Morgan fingerprint density at radius 1 is 1.15 bits per heavy atom. The molecule has 144 valence electrons. The number of piperidine rings is 1. The summed E-state index contributed by atoms with van der Waals surface area (Å²) in [6.07, 6.45) is 6.21. The first-order chi connectivity index (χ1) is 13.1. The standard InChI is InChI=1S/C20H27N5OS/c1-14(27-20-23-22-15(2)25(20)18-10-11-18)19(26)21-16-6-8-17(9-7-16)24-12-4-3-5-13-24/h6-9,14,18H,3-5,10-13H2,1-2H3,(H,21,26)/t14-/m0/s1. The summed E-state index contributed by atoms with van der Waals surface area (Å²) in [5.41, 5.74) is 2.08. The Morgan fingerprint density at radius 3 is 2.52 bits per heavy atom. The van der Waals surface area contributed by atoms with Crippen LogP contribution in [0.3, 0.4) is 0 Å². The largest absolute Gasteiger partial charge is 0.372 e. The number of aromatic nitrogens is 3. The van der Waals surface area contributed by atoms with E-state index in [0.29, 0.717) is 6.04 Å². The van der Waals surface area contributed by atoms with Gasteiger partial charge in [-0.3, -0.25) is 4.79 Å². The highest BCUT2D eigenvalue weighted by Gasteiger charge is 2.29. The van der Waals surface area contributed by atoms with Crippen LogP contribution in [-0.2, 0) is 4.79 Å². The minimum Gasteiger partial charge on any atom is -0.372 e. The molecule has 1 aliphatic heterocycles. The molecule has 1 aromatic carbocycles. The Bertz CT molecular complexity index is 793. The maximum absolute atomic E-state index is 12.6. The van der Waals surface area contributed by atoms with Crippen LogP contribution in [0.15, 0.2) is 29.4 Å². The van der Waals surface area contributed by atoms with E-state index in [9.17, 15) is 4.79 Å². The molecule has 1 aliphatic carbocycles. The summed E-state index contributed by atoms with van der Waals surface area (Å²) < 4.78 is 2.17. The number of anilines is 2. The van der Waals surface area contributed by atoms with Crippen molar-refractivity contribution >= 4 is 29.0 Å². The lowest BCUT2D eigenvalue weighted by Crippen LogP contribution is -2.29. The van der Waals surface area contributed by atoms with Crippen LogP contribution in [0.2, 0.25) is 0 Å². The highest BCUT2D eigenvalue weighted by atomic mass is 32.2. The van der Waals surface area contributed by atoms with Gasteiger partial charge in [0.05, 0.1) is 5.25 Å². The molecule has 1 aromatic heterocycles. The molecular formula is C20H27N5OS. The van der Waals surface area contributed by atoms with Crippen LogP contribution in [0.5, 0.6) is 0 Å². The van der Waals surface area contributed by atoms with E-state index >= 15 is 0 Å². The minimum atomic E-state index is -0.229. The van der Waals surface area contributed by atoms with Crippen molar-refractivity contribution in [2.45, 2.75) is 62.4 Å². The van der Waals surface area contributed by atoms with Gasteiger partial charge in [-0.05, 0) is 70.2 Å². The summed E-state index contributed by atoms with van der Waals surface area (Å²) in [5, 5.41) is 12.1. The van der Waals surface area contributed by atoms with Crippen LogP contribution < -0.4 is 10.2 Å². The van der Waals surface area contributed by atoms with Gasteiger partial charge in [0.1, 0.15) is 5.82 Å². The lowest BCUT2D eigenvalue weighted by molar-refractivity contribution is -0.115. The molecule has 27 heavy (non-hydrogen) atoms. The van der Waals surface area contributed by atoms with Crippen LogP contribution in [0.4, 0.5) is 11.4 Å². The first-order valence-electron chi connectivity index (χ1n) is 9.86. The van der Waals surface area contributed by atoms with E-state index in [4.69, 9.17) is 0 Å². The Kier molecular flexibility index (Phi) is 5.38. The van der Waals surface area contributed by atoms with E-state index in [-0.39, 0.29) is 11.2 Å². The molecule has 6 nitrogen and oxygen atoms in total. The molecule has 2 heterocycles. The second-order valence-corrected chi connectivity index (χ2v) is 8.78. The summed E-state index contributed by atoms with van der Waals surface area (Å²) in [6.45, 7) is 6.15. The molecule has 4 rings (SSSR count). The predicted molar refractivity (Wildman–Crippen MR) is 109 cm³/mol. The minimum absolute atomic E-state index is 0.00581. The zero-order chi connectivity index (χ0) is 18.8. The average Bonchev–Trinajstić information content (AvgIpc) is 3.46. The monoisotopic (exact) mass is 385 g/mol. The quantitative estimate of drug-likeness (QED) is 0.761. The van der Waals surface area contributed by atoms with Crippen molar-refractivity contribution in [3.05, 3.63) is 30.1 Å². The molecule has 1 saturated heterocycles. The zero-order valence-electron chi connectivity index (χ0n) is 16.0. The average molecular weight is 386 g/mol. The third kappa shape index (κ3) is 4.29. The number of nitrogens with one attached hydrogen (secondary N) is 1. The summed E-state index contributed by atoms with van der Waals surface area (Å²) in [6, 6.07) is 8.71. The van der Waals surface area contributed by atoms with Crippen LogP contribution in [0.25, 0.3) is 0 Å². The lowest BCUT2D eigenvalue weighted by Gasteiger charge is -2.28.